The fourth-order valence-electron chi connectivity index (χ4n) is 2.54. The number of carbonyl (C=O) groups is 3. The Hall–Kier alpha value is -2.57. The molecule has 2 rings (SSSR count). The number of likely N-dealkylation sites (tertiary alicyclic amines) is 1. The molecule has 0 unspecified atom stereocenters. The standard InChI is InChI=1S/C17H22N2O5/c1-12-4-2-3-5-14(12)23-11-16(21)24-10-15(20)19-8-6-13(7-9-19)17(18)22/h2-5,13H,6-11H2,1H3,(H2,18,22). The van der Waals surface area contributed by atoms with E-state index in [9.17, 15) is 14.4 Å². The minimum Gasteiger partial charge on any atom is -0.482 e. The smallest absolute Gasteiger partial charge is 0.344 e. The van der Waals surface area contributed by atoms with Gasteiger partial charge in [-0.1, -0.05) is 18.2 Å². The van der Waals surface area contributed by atoms with Crippen molar-refractivity contribution in [1.82, 2.24) is 4.90 Å². The van der Waals surface area contributed by atoms with Crippen molar-refractivity contribution in [3.8, 4) is 5.75 Å². The number of hydrogen-bond donors (Lipinski definition) is 1. The van der Waals surface area contributed by atoms with Crippen LogP contribution in [0.3, 0.4) is 0 Å². The topological polar surface area (TPSA) is 98.9 Å². The highest BCUT2D eigenvalue weighted by molar-refractivity contribution is 5.82. The highest BCUT2D eigenvalue weighted by atomic mass is 16.6. The van der Waals surface area contributed by atoms with Crippen molar-refractivity contribution in [2.45, 2.75) is 19.8 Å². The minimum atomic E-state index is -0.598. The van der Waals surface area contributed by atoms with Crippen LogP contribution >= 0.6 is 0 Å². The lowest BCUT2D eigenvalue weighted by Crippen LogP contribution is -2.43. The molecular weight excluding hydrogens is 312 g/mol. The highest BCUT2D eigenvalue weighted by Gasteiger charge is 2.26. The molecule has 7 nitrogen and oxygen atoms in total. The minimum absolute atomic E-state index is 0.181. The fraction of sp³-hybridized carbons (Fsp3) is 0.471. The zero-order valence-corrected chi connectivity index (χ0v) is 13.7. The number of para-hydroxylation sites is 1. The summed E-state index contributed by atoms with van der Waals surface area (Å²) in [5, 5.41) is 0. The summed E-state index contributed by atoms with van der Waals surface area (Å²) in [5.41, 5.74) is 6.17. The third kappa shape index (κ3) is 4.97. The molecule has 130 valence electrons. The molecule has 1 aliphatic heterocycles. The first-order chi connectivity index (χ1) is 11.5. The largest absolute Gasteiger partial charge is 0.482 e. The van der Waals surface area contributed by atoms with Crippen LogP contribution in [0.15, 0.2) is 24.3 Å². The van der Waals surface area contributed by atoms with E-state index in [0.717, 1.165) is 5.56 Å². The molecule has 0 aliphatic carbocycles. The molecule has 24 heavy (non-hydrogen) atoms. The predicted molar refractivity (Wildman–Crippen MR) is 86.1 cm³/mol. The van der Waals surface area contributed by atoms with Gasteiger partial charge in [0.05, 0.1) is 0 Å². The Bertz CT molecular complexity index is 609. The molecule has 1 saturated heterocycles. The number of nitrogens with zero attached hydrogens (tertiary/aromatic N) is 1. The lowest BCUT2D eigenvalue weighted by atomic mass is 9.96. The van der Waals surface area contributed by atoms with Gasteiger partial charge in [0, 0.05) is 19.0 Å². The van der Waals surface area contributed by atoms with Crippen LogP contribution in [0.1, 0.15) is 18.4 Å². The van der Waals surface area contributed by atoms with Crippen molar-refractivity contribution >= 4 is 17.8 Å². The lowest BCUT2D eigenvalue weighted by molar-refractivity contribution is -0.154. The normalized spacial score (nSPS) is 15.0. The van der Waals surface area contributed by atoms with Crippen LogP contribution in [-0.2, 0) is 19.1 Å². The summed E-state index contributed by atoms with van der Waals surface area (Å²) in [7, 11) is 0. The van der Waals surface area contributed by atoms with Gasteiger partial charge in [-0.05, 0) is 31.4 Å². The molecule has 2 amide bonds. The van der Waals surface area contributed by atoms with Crippen molar-refractivity contribution in [3.05, 3.63) is 29.8 Å². The first-order valence-corrected chi connectivity index (χ1v) is 7.88. The maximum atomic E-state index is 12.0. The van der Waals surface area contributed by atoms with Gasteiger partial charge in [-0.15, -0.1) is 0 Å². The molecule has 0 radical (unpaired) electrons. The summed E-state index contributed by atoms with van der Waals surface area (Å²) < 4.78 is 10.3. The Balaban J connectivity index is 1.69. The third-order valence-corrected chi connectivity index (χ3v) is 4.05. The van der Waals surface area contributed by atoms with E-state index in [1.54, 1.807) is 11.0 Å². The van der Waals surface area contributed by atoms with E-state index in [1.165, 1.54) is 0 Å². The summed E-state index contributed by atoms with van der Waals surface area (Å²) >= 11 is 0. The molecule has 1 aromatic rings. The number of primary amides is 1. The first kappa shape index (κ1) is 17.8. The lowest BCUT2D eigenvalue weighted by Gasteiger charge is -2.30. The van der Waals surface area contributed by atoms with Crippen molar-refractivity contribution < 1.29 is 23.9 Å². The molecule has 1 fully saturated rings. The zero-order chi connectivity index (χ0) is 17.5. The van der Waals surface area contributed by atoms with E-state index in [-0.39, 0.29) is 30.9 Å². The highest BCUT2D eigenvalue weighted by Crippen LogP contribution is 2.17. The van der Waals surface area contributed by atoms with E-state index in [0.29, 0.717) is 31.7 Å². The van der Waals surface area contributed by atoms with Crippen LogP contribution in [0.25, 0.3) is 0 Å². The Morgan fingerprint density at radius 2 is 1.83 bits per heavy atom. The second-order valence-corrected chi connectivity index (χ2v) is 5.77. The Kier molecular flexibility index (Phi) is 6.17. The van der Waals surface area contributed by atoms with Gasteiger partial charge in [0.25, 0.3) is 5.91 Å². The van der Waals surface area contributed by atoms with E-state index in [4.69, 9.17) is 15.2 Å². The maximum absolute atomic E-state index is 12.0. The van der Waals surface area contributed by atoms with E-state index < -0.39 is 5.97 Å². The Labute approximate surface area is 140 Å². The summed E-state index contributed by atoms with van der Waals surface area (Å²) in [6.45, 7) is 2.20. The van der Waals surface area contributed by atoms with Crippen LogP contribution in [-0.4, -0.2) is 49.0 Å². The van der Waals surface area contributed by atoms with Gasteiger partial charge in [0.1, 0.15) is 5.75 Å². The van der Waals surface area contributed by atoms with Crippen molar-refractivity contribution in [1.29, 1.82) is 0 Å². The summed E-state index contributed by atoms with van der Waals surface area (Å²) in [6, 6.07) is 7.32. The number of rotatable bonds is 6. The van der Waals surface area contributed by atoms with Crippen LogP contribution in [0.2, 0.25) is 0 Å². The number of carbonyl (C=O) groups excluding carboxylic acids is 3. The summed E-state index contributed by atoms with van der Waals surface area (Å²) in [6.07, 6.45) is 1.09. The van der Waals surface area contributed by atoms with Gasteiger partial charge in [-0.3, -0.25) is 9.59 Å². The van der Waals surface area contributed by atoms with E-state index >= 15 is 0 Å². The molecule has 1 aromatic carbocycles. The molecule has 7 heteroatoms. The van der Waals surface area contributed by atoms with Crippen molar-refractivity contribution in [3.63, 3.8) is 0 Å². The molecule has 0 spiro atoms. The SMILES string of the molecule is Cc1ccccc1OCC(=O)OCC(=O)N1CCC(C(N)=O)CC1. The van der Waals surface area contributed by atoms with Gasteiger partial charge >= 0.3 is 5.97 Å². The average molecular weight is 334 g/mol. The zero-order valence-electron chi connectivity index (χ0n) is 13.7. The quantitative estimate of drug-likeness (QED) is 0.770. The molecule has 2 N–H and O–H groups in total. The molecule has 0 atom stereocenters. The van der Waals surface area contributed by atoms with Crippen LogP contribution in [0, 0.1) is 12.8 Å². The molecule has 1 heterocycles. The number of piperidine rings is 1. The van der Waals surface area contributed by atoms with Gasteiger partial charge in [0.2, 0.25) is 5.91 Å². The van der Waals surface area contributed by atoms with Crippen molar-refractivity contribution in [2.24, 2.45) is 11.7 Å². The van der Waals surface area contributed by atoms with Crippen LogP contribution in [0.4, 0.5) is 0 Å². The number of aryl methyl sites for hydroxylation is 1. The van der Waals surface area contributed by atoms with Gasteiger partial charge in [0.15, 0.2) is 13.2 Å². The number of benzene rings is 1. The average Bonchev–Trinajstić information content (AvgIpc) is 2.59. The van der Waals surface area contributed by atoms with Gasteiger partial charge < -0.3 is 20.1 Å². The number of nitrogens with two attached hydrogens (primary N) is 1. The Morgan fingerprint density at radius 1 is 1.17 bits per heavy atom. The number of ether oxygens (including phenoxy) is 2. The van der Waals surface area contributed by atoms with Crippen LogP contribution in [0.5, 0.6) is 5.75 Å². The molecule has 0 bridgehead atoms. The monoisotopic (exact) mass is 334 g/mol. The number of amides is 2. The Morgan fingerprint density at radius 3 is 2.46 bits per heavy atom. The number of esters is 1. The van der Waals surface area contributed by atoms with Crippen LogP contribution < -0.4 is 10.5 Å². The van der Waals surface area contributed by atoms with E-state index in [1.807, 2.05) is 25.1 Å². The fourth-order valence-corrected chi connectivity index (χ4v) is 2.54. The molecule has 1 aliphatic rings. The van der Waals surface area contributed by atoms with Gasteiger partial charge in [-0.25, -0.2) is 4.79 Å². The molecule has 0 aromatic heterocycles. The summed E-state index contributed by atoms with van der Waals surface area (Å²) in [5.74, 6) is -0.781. The third-order valence-electron chi connectivity index (χ3n) is 4.05. The number of hydrogen-bond acceptors (Lipinski definition) is 5. The van der Waals surface area contributed by atoms with E-state index in [2.05, 4.69) is 0 Å². The second kappa shape index (κ2) is 8.33. The summed E-state index contributed by atoms with van der Waals surface area (Å²) in [4.78, 5) is 36.3. The molecular formula is C17H22N2O5. The second-order valence-electron chi connectivity index (χ2n) is 5.77. The predicted octanol–water partition coefficient (Wildman–Crippen LogP) is 0.641. The first-order valence-electron chi connectivity index (χ1n) is 7.88. The molecule has 0 saturated carbocycles. The maximum Gasteiger partial charge on any atom is 0.344 e. The van der Waals surface area contributed by atoms with Crippen molar-refractivity contribution in [2.75, 3.05) is 26.3 Å². The van der Waals surface area contributed by atoms with Gasteiger partial charge in [-0.2, -0.15) is 0 Å².